The molecule has 0 aromatic heterocycles. The molecule has 4 N–H and O–H groups in total. The highest BCUT2D eigenvalue weighted by Gasteiger charge is 2.17. The van der Waals surface area contributed by atoms with Crippen molar-refractivity contribution in [2.75, 3.05) is 43.6 Å². The van der Waals surface area contributed by atoms with Gasteiger partial charge in [-0.1, -0.05) is 0 Å². The summed E-state index contributed by atoms with van der Waals surface area (Å²) in [5.41, 5.74) is 8.89. The van der Waals surface area contributed by atoms with E-state index in [1.165, 1.54) is 12.1 Å². The maximum absolute atomic E-state index is 13.5. The molecule has 0 saturated carbocycles. The summed E-state index contributed by atoms with van der Waals surface area (Å²) in [6.07, 6.45) is 0. The van der Waals surface area contributed by atoms with Crippen molar-refractivity contribution in [2.24, 2.45) is 10.8 Å². The zero-order valence-electron chi connectivity index (χ0n) is 12.3. The number of nitrogens with zero attached hydrogens (tertiary/aromatic N) is 4. The van der Waals surface area contributed by atoms with Gasteiger partial charge in [-0.15, -0.1) is 0 Å². The molecule has 1 aromatic rings. The fourth-order valence-electron chi connectivity index (χ4n) is 2.18. The Morgan fingerprint density at radius 3 is 2.68 bits per heavy atom. The lowest BCUT2D eigenvalue weighted by Gasteiger charge is -2.34. The molecule has 0 bridgehead atoms. The Hall–Kier alpha value is -2.66. The van der Waals surface area contributed by atoms with E-state index in [0.717, 1.165) is 31.9 Å². The molecule has 1 fully saturated rings. The monoisotopic (exact) mass is 303 g/mol. The van der Waals surface area contributed by atoms with Crippen molar-refractivity contribution in [3.8, 4) is 6.07 Å². The molecule has 0 amide bonds. The van der Waals surface area contributed by atoms with E-state index in [4.69, 9.17) is 16.4 Å². The van der Waals surface area contributed by atoms with Crippen LogP contribution in [0.2, 0.25) is 0 Å². The van der Waals surface area contributed by atoms with Gasteiger partial charge in [0.1, 0.15) is 11.9 Å². The molecule has 7 nitrogen and oxygen atoms in total. The minimum atomic E-state index is -0.437. The van der Waals surface area contributed by atoms with Crippen molar-refractivity contribution >= 4 is 22.9 Å². The van der Waals surface area contributed by atoms with E-state index in [1.807, 2.05) is 0 Å². The molecule has 0 unspecified atom stereocenters. The summed E-state index contributed by atoms with van der Waals surface area (Å²) in [6, 6.07) is 6.09. The van der Waals surface area contributed by atoms with Gasteiger partial charge >= 0.3 is 0 Å². The molecule has 0 spiro atoms. The zero-order valence-corrected chi connectivity index (χ0v) is 12.3. The first kappa shape index (κ1) is 15.7. The molecule has 1 saturated heterocycles. The lowest BCUT2D eigenvalue weighted by Crippen LogP contribution is -2.44. The van der Waals surface area contributed by atoms with Crippen LogP contribution >= 0.6 is 0 Å². The van der Waals surface area contributed by atoms with E-state index in [1.54, 1.807) is 12.1 Å². The smallest absolute Gasteiger partial charge is 0.201 e. The number of hydrogen-bond acceptors (Lipinski definition) is 6. The minimum Gasteiger partial charge on any atom is -0.382 e. The average molecular weight is 303 g/mol. The molecule has 22 heavy (non-hydrogen) atoms. The van der Waals surface area contributed by atoms with E-state index >= 15 is 0 Å². The van der Waals surface area contributed by atoms with Gasteiger partial charge in [-0.3, -0.25) is 10.8 Å². The van der Waals surface area contributed by atoms with Crippen LogP contribution in [0.25, 0.3) is 0 Å². The number of rotatable bonds is 4. The number of hydrazone groups is 1. The quantitative estimate of drug-likeness (QED) is 0.433. The highest BCUT2D eigenvalue weighted by Crippen LogP contribution is 2.27. The summed E-state index contributed by atoms with van der Waals surface area (Å²) in [5, 5.41) is 19.8. The summed E-state index contributed by atoms with van der Waals surface area (Å²) >= 11 is 0. The van der Waals surface area contributed by atoms with Crippen LogP contribution in [0.5, 0.6) is 0 Å². The van der Waals surface area contributed by atoms with Crippen LogP contribution in [-0.2, 0) is 0 Å². The van der Waals surface area contributed by atoms with Crippen LogP contribution in [0.4, 0.5) is 15.8 Å². The fraction of sp³-hybridized carbons (Fsp3) is 0.357. The first-order valence-electron chi connectivity index (χ1n) is 6.82. The molecule has 2 rings (SSSR count). The highest BCUT2D eigenvalue weighted by molar-refractivity contribution is 6.45. The Labute approximate surface area is 128 Å². The summed E-state index contributed by atoms with van der Waals surface area (Å²) in [6.45, 7) is 3.46. The van der Waals surface area contributed by atoms with Gasteiger partial charge < -0.3 is 15.5 Å². The molecule has 1 heterocycles. The largest absolute Gasteiger partial charge is 0.382 e. The van der Waals surface area contributed by atoms with Crippen molar-refractivity contribution in [3.63, 3.8) is 0 Å². The molecule has 1 aliphatic rings. The lowest BCUT2D eigenvalue weighted by atomic mass is 10.2. The van der Waals surface area contributed by atoms with Gasteiger partial charge in [-0.05, 0) is 19.2 Å². The number of nitrogens with one attached hydrogen (secondary N) is 2. The summed E-state index contributed by atoms with van der Waals surface area (Å²) < 4.78 is 13.5. The number of nitriles is 1. The summed E-state index contributed by atoms with van der Waals surface area (Å²) in [7, 11) is 2.05. The second-order valence-corrected chi connectivity index (χ2v) is 5.05. The predicted molar refractivity (Wildman–Crippen MR) is 84.7 cm³/mol. The van der Waals surface area contributed by atoms with Gasteiger partial charge in [-0.2, -0.15) is 10.4 Å². The molecular formula is C14H18FN7. The Kier molecular flexibility index (Phi) is 4.91. The van der Waals surface area contributed by atoms with Gasteiger partial charge in [0.05, 0.1) is 11.4 Å². The average Bonchev–Trinajstić information content (AvgIpc) is 2.49. The van der Waals surface area contributed by atoms with E-state index in [9.17, 15) is 4.39 Å². The normalized spacial score (nSPS) is 16.2. The molecule has 8 heteroatoms. The number of anilines is 2. The second kappa shape index (κ2) is 6.87. The first-order valence-corrected chi connectivity index (χ1v) is 6.82. The number of piperazine rings is 1. The Morgan fingerprint density at radius 2 is 2.09 bits per heavy atom. The number of hydrogen-bond donors (Lipinski definition) is 3. The third-order valence-corrected chi connectivity index (χ3v) is 3.45. The van der Waals surface area contributed by atoms with Crippen LogP contribution in [-0.4, -0.2) is 49.7 Å². The number of nitrogens with two attached hydrogens (primary N) is 1. The zero-order chi connectivity index (χ0) is 16.1. The van der Waals surface area contributed by atoms with Crippen LogP contribution in [0, 0.1) is 22.6 Å². The molecule has 0 radical (unpaired) electrons. The van der Waals surface area contributed by atoms with Crippen molar-refractivity contribution in [2.45, 2.75) is 0 Å². The fourth-order valence-corrected chi connectivity index (χ4v) is 2.18. The third-order valence-electron chi connectivity index (χ3n) is 3.45. The van der Waals surface area contributed by atoms with E-state index < -0.39 is 11.7 Å². The van der Waals surface area contributed by atoms with E-state index in [-0.39, 0.29) is 5.71 Å². The van der Waals surface area contributed by atoms with Gasteiger partial charge in [0.25, 0.3) is 0 Å². The van der Waals surface area contributed by atoms with Gasteiger partial charge in [0.2, 0.25) is 5.71 Å². The number of halogens is 1. The maximum atomic E-state index is 13.5. The number of benzene rings is 1. The molecule has 1 aliphatic heterocycles. The topological polar surface area (TPSA) is 105 Å². The Morgan fingerprint density at radius 1 is 1.41 bits per heavy atom. The SMILES string of the molecule is CN1CCN(c2ccc(F)cc2N/N=C(\C#N)C(=N)N)CC1. The lowest BCUT2D eigenvalue weighted by molar-refractivity contribution is 0.313. The van der Waals surface area contributed by atoms with E-state index in [2.05, 4.69) is 27.4 Å². The number of amidine groups is 1. The number of likely N-dealkylation sites (N-methyl/N-ethyl adjacent to an activating group) is 1. The molecule has 0 atom stereocenters. The Balaban J connectivity index is 2.25. The van der Waals surface area contributed by atoms with E-state index in [0.29, 0.717) is 5.69 Å². The predicted octanol–water partition coefficient (Wildman–Crippen LogP) is 0.805. The van der Waals surface area contributed by atoms with Gasteiger partial charge in [-0.25, -0.2) is 4.39 Å². The van der Waals surface area contributed by atoms with Gasteiger partial charge in [0, 0.05) is 32.2 Å². The van der Waals surface area contributed by atoms with Crippen molar-refractivity contribution in [1.29, 1.82) is 10.7 Å². The highest BCUT2D eigenvalue weighted by atomic mass is 19.1. The molecule has 116 valence electrons. The standard InChI is InChI=1S/C14H18FN7/c1-21-4-6-22(7-5-21)13-3-2-10(15)8-11(13)19-20-12(9-16)14(17)18/h2-3,8,19H,4-7H2,1H3,(H3,17,18)/b20-12+. The minimum absolute atomic E-state index is 0.242. The van der Waals surface area contributed by atoms with Crippen LogP contribution in [0.1, 0.15) is 0 Å². The maximum Gasteiger partial charge on any atom is 0.201 e. The molecule has 1 aromatic carbocycles. The van der Waals surface area contributed by atoms with Crippen LogP contribution < -0.4 is 16.1 Å². The van der Waals surface area contributed by atoms with Crippen LogP contribution in [0.3, 0.4) is 0 Å². The summed E-state index contributed by atoms with van der Waals surface area (Å²) in [4.78, 5) is 4.34. The third kappa shape index (κ3) is 3.71. The molecular weight excluding hydrogens is 285 g/mol. The van der Waals surface area contributed by atoms with Crippen LogP contribution in [0.15, 0.2) is 23.3 Å². The molecule has 0 aliphatic carbocycles. The van der Waals surface area contributed by atoms with Crippen molar-refractivity contribution < 1.29 is 4.39 Å². The second-order valence-electron chi connectivity index (χ2n) is 5.05. The van der Waals surface area contributed by atoms with Crippen molar-refractivity contribution in [1.82, 2.24) is 4.90 Å². The summed E-state index contributed by atoms with van der Waals surface area (Å²) in [5.74, 6) is -0.843. The van der Waals surface area contributed by atoms with Gasteiger partial charge in [0.15, 0.2) is 5.84 Å². The Bertz CT molecular complexity index is 627. The van der Waals surface area contributed by atoms with Crippen molar-refractivity contribution in [3.05, 3.63) is 24.0 Å². The first-order chi connectivity index (χ1) is 10.5.